The van der Waals surface area contributed by atoms with Crippen LogP contribution >= 0.6 is 0 Å². The molecule has 0 aromatic carbocycles. The van der Waals surface area contributed by atoms with Crippen molar-refractivity contribution in [2.75, 3.05) is 6.54 Å². The first-order valence-electron chi connectivity index (χ1n) is 4.66. The molecule has 0 aliphatic rings. The summed E-state index contributed by atoms with van der Waals surface area (Å²) < 4.78 is 37.9. The van der Waals surface area contributed by atoms with E-state index in [0.717, 1.165) is 5.56 Å². The molecule has 0 amide bonds. The highest BCUT2D eigenvalue weighted by atomic mass is 19.4. The van der Waals surface area contributed by atoms with Crippen LogP contribution in [0.5, 0.6) is 0 Å². The van der Waals surface area contributed by atoms with Crippen LogP contribution in [0.3, 0.4) is 0 Å². The Morgan fingerprint density at radius 2 is 2.07 bits per heavy atom. The molecule has 15 heavy (non-hydrogen) atoms. The number of alkyl halides is 3. The summed E-state index contributed by atoms with van der Waals surface area (Å²) >= 11 is 0. The van der Waals surface area contributed by atoms with Gasteiger partial charge >= 0.3 is 6.18 Å². The van der Waals surface area contributed by atoms with Crippen molar-refractivity contribution in [3.63, 3.8) is 0 Å². The predicted octanol–water partition coefficient (Wildman–Crippen LogP) is 2.60. The van der Waals surface area contributed by atoms with Gasteiger partial charge in [-0.1, -0.05) is 13.0 Å². The second kappa shape index (κ2) is 4.61. The molecule has 0 spiro atoms. The summed E-state index contributed by atoms with van der Waals surface area (Å²) in [5.41, 5.74) is 0.879. The lowest BCUT2D eigenvalue weighted by atomic mass is 10.1. The summed E-state index contributed by atoms with van der Waals surface area (Å²) in [6, 6.07) is -0.136. The van der Waals surface area contributed by atoms with Crippen LogP contribution in [0.15, 0.2) is 18.5 Å². The second-order valence-corrected chi connectivity index (χ2v) is 3.33. The number of nitrogens with zero attached hydrogens (tertiary/aromatic N) is 1. The monoisotopic (exact) mass is 218 g/mol. The van der Waals surface area contributed by atoms with Crippen molar-refractivity contribution in [3.05, 3.63) is 29.6 Å². The Hall–Kier alpha value is -1.10. The van der Waals surface area contributed by atoms with E-state index in [1.165, 1.54) is 18.5 Å². The first-order chi connectivity index (χ1) is 6.95. The van der Waals surface area contributed by atoms with Crippen LogP contribution in [-0.4, -0.2) is 17.7 Å². The maximum atomic E-state index is 12.6. The molecule has 2 nitrogen and oxygen atoms in total. The molecule has 1 aromatic heterocycles. The lowest BCUT2D eigenvalue weighted by Crippen LogP contribution is -2.34. The zero-order chi connectivity index (χ0) is 11.5. The van der Waals surface area contributed by atoms with Crippen molar-refractivity contribution in [1.29, 1.82) is 0 Å². The van der Waals surface area contributed by atoms with Crippen molar-refractivity contribution in [1.82, 2.24) is 10.3 Å². The number of pyridine rings is 1. The first kappa shape index (κ1) is 12.0. The van der Waals surface area contributed by atoms with Gasteiger partial charge in [0.25, 0.3) is 0 Å². The van der Waals surface area contributed by atoms with Gasteiger partial charge in [0.15, 0.2) is 0 Å². The van der Waals surface area contributed by atoms with E-state index >= 15 is 0 Å². The fourth-order valence-electron chi connectivity index (χ4n) is 1.36. The number of aryl methyl sites for hydroxylation is 1. The van der Waals surface area contributed by atoms with Crippen LogP contribution in [0.4, 0.5) is 13.2 Å². The molecule has 0 fully saturated rings. The van der Waals surface area contributed by atoms with Crippen molar-refractivity contribution in [2.24, 2.45) is 0 Å². The van der Waals surface area contributed by atoms with E-state index in [9.17, 15) is 13.2 Å². The Kier molecular flexibility index (Phi) is 3.68. The third-order valence-electron chi connectivity index (χ3n) is 1.97. The maximum Gasteiger partial charge on any atom is 0.407 e. The average molecular weight is 218 g/mol. The Morgan fingerprint density at radius 3 is 2.53 bits per heavy atom. The minimum Gasteiger partial charge on any atom is -0.303 e. The van der Waals surface area contributed by atoms with Crippen LogP contribution in [-0.2, 0) is 0 Å². The number of aromatic nitrogens is 1. The molecular weight excluding hydrogens is 205 g/mol. The summed E-state index contributed by atoms with van der Waals surface area (Å²) in [6.45, 7) is 3.62. The highest BCUT2D eigenvalue weighted by molar-refractivity contribution is 5.21. The van der Waals surface area contributed by atoms with Gasteiger partial charge in [-0.2, -0.15) is 13.2 Å². The second-order valence-electron chi connectivity index (χ2n) is 3.33. The quantitative estimate of drug-likeness (QED) is 0.843. The zero-order valence-corrected chi connectivity index (χ0v) is 8.60. The molecule has 1 heterocycles. The Bertz CT molecular complexity index is 323. The van der Waals surface area contributed by atoms with E-state index < -0.39 is 12.2 Å². The predicted molar refractivity (Wildman–Crippen MR) is 51.4 cm³/mol. The van der Waals surface area contributed by atoms with Crippen LogP contribution in [0.2, 0.25) is 0 Å². The molecule has 0 aliphatic carbocycles. The molecule has 5 heteroatoms. The van der Waals surface area contributed by atoms with Gasteiger partial charge in [0.05, 0.1) is 0 Å². The fourth-order valence-corrected chi connectivity index (χ4v) is 1.36. The van der Waals surface area contributed by atoms with Gasteiger partial charge in [-0.05, 0) is 24.6 Å². The summed E-state index contributed by atoms with van der Waals surface area (Å²) in [7, 11) is 0. The molecule has 0 saturated heterocycles. The van der Waals surface area contributed by atoms with Gasteiger partial charge in [-0.15, -0.1) is 0 Å². The lowest BCUT2D eigenvalue weighted by molar-refractivity contribution is -0.157. The van der Waals surface area contributed by atoms with Gasteiger partial charge in [0, 0.05) is 12.4 Å². The maximum absolute atomic E-state index is 12.6. The summed E-state index contributed by atoms with van der Waals surface area (Å²) in [5, 5.41) is 2.40. The van der Waals surface area contributed by atoms with Gasteiger partial charge < -0.3 is 5.32 Å². The van der Waals surface area contributed by atoms with Crippen LogP contribution < -0.4 is 5.32 Å². The molecular formula is C10H13F3N2. The number of hydrogen-bond acceptors (Lipinski definition) is 2. The fraction of sp³-hybridized carbons (Fsp3) is 0.500. The molecule has 1 rings (SSSR count). The largest absolute Gasteiger partial charge is 0.407 e. The van der Waals surface area contributed by atoms with E-state index in [1.807, 2.05) is 0 Å². The first-order valence-corrected chi connectivity index (χ1v) is 4.66. The van der Waals surface area contributed by atoms with Crippen LogP contribution in [0.1, 0.15) is 24.1 Å². The molecule has 1 atom stereocenters. The van der Waals surface area contributed by atoms with Crippen molar-refractivity contribution < 1.29 is 13.2 Å². The van der Waals surface area contributed by atoms with Crippen molar-refractivity contribution in [2.45, 2.75) is 26.1 Å². The summed E-state index contributed by atoms with van der Waals surface area (Å²) in [4.78, 5) is 3.76. The topological polar surface area (TPSA) is 24.9 Å². The molecule has 0 saturated carbocycles. The molecule has 0 radical (unpaired) electrons. The van der Waals surface area contributed by atoms with Crippen molar-refractivity contribution >= 4 is 0 Å². The Labute approximate surface area is 86.5 Å². The highest BCUT2D eigenvalue weighted by Crippen LogP contribution is 2.32. The zero-order valence-electron chi connectivity index (χ0n) is 8.60. The average Bonchev–Trinajstić information content (AvgIpc) is 2.12. The molecule has 1 unspecified atom stereocenters. The van der Waals surface area contributed by atoms with Gasteiger partial charge in [0.1, 0.15) is 6.04 Å². The molecule has 1 aromatic rings. The molecule has 84 valence electrons. The number of hydrogen-bond donors (Lipinski definition) is 1. The van der Waals surface area contributed by atoms with E-state index in [0.29, 0.717) is 0 Å². The highest BCUT2D eigenvalue weighted by Gasteiger charge is 2.40. The molecule has 1 N–H and O–H groups in total. The molecule has 0 aliphatic heterocycles. The smallest absolute Gasteiger partial charge is 0.303 e. The standard InChI is InChI=1S/C10H13F3N2/c1-3-15-9(10(11,12)13)8-4-7(2)5-14-6-8/h4-6,9,15H,3H2,1-2H3. The lowest BCUT2D eigenvalue weighted by Gasteiger charge is -2.21. The number of halogens is 3. The van der Waals surface area contributed by atoms with E-state index in [1.54, 1.807) is 13.8 Å². The minimum atomic E-state index is -4.29. The van der Waals surface area contributed by atoms with E-state index in [2.05, 4.69) is 10.3 Å². The number of nitrogens with one attached hydrogen (secondary N) is 1. The summed E-state index contributed by atoms with van der Waals surface area (Å²) in [6.07, 6.45) is -1.51. The Balaban J connectivity index is 2.99. The summed E-state index contributed by atoms with van der Waals surface area (Å²) in [5.74, 6) is 0. The van der Waals surface area contributed by atoms with Crippen molar-refractivity contribution in [3.8, 4) is 0 Å². The van der Waals surface area contributed by atoms with Crippen LogP contribution in [0, 0.1) is 6.92 Å². The van der Waals surface area contributed by atoms with Gasteiger partial charge in [-0.25, -0.2) is 0 Å². The van der Waals surface area contributed by atoms with E-state index in [4.69, 9.17) is 0 Å². The number of rotatable bonds is 3. The SMILES string of the molecule is CCNC(c1cncc(C)c1)C(F)(F)F. The Morgan fingerprint density at radius 1 is 1.40 bits per heavy atom. The minimum absolute atomic E-state index is 0.157. The van der Waals surface area contributed by atoms with Crippen LogP contribution in [0.25, 0.3) is 0 Å². The third kappa shape index (κ3) is 3.20. The van der Waals surface area contributed by atoms with Gasteiger partial charge in [0.2, 0.25) is 0 Å². The van der Waals surface area contributed by atoms with Gasteiger partial charge in [-0.3, -0.25) is 4.98 Å². The van der Waals surface area contributed by atoms with E-state index in [-0.39, 0.29) is 12.1 Å². The third-order valence-corrected chi connectivity index (χ3v) is 1.97. The molecule has 0 bridgehead atoms. The normalized spacial score (nSPS) is 13.9.